The Balaban J connectivity index is 1.71. The smallest absolute Gasteiger partial charge is 0.319 e. The maximum absolute atomic E-state index is 12.6. The van der Waals surface area contributed by atoms with Crippen molar-refractivity contribution in [1.29, 1.82) is 0 Å². The minimum Gasteiger partial charge on any atom is -0.334 e. The van der Waals surface area contributed by atoms with Gasteiger partial charge < -0.3 is 10.6 Å². The molecule has 0 aliphatic carbocycles. The summed E-state index contributed by atoms with van der Waals surface area (Å²) in [6, 6.07) is 25.6. The number of amides is 2. The maximum atomic E-state index is 12.6. The molecule has 3 rings (SSSR count). The Morgan fingerprint density at radius 3 is 2.00 bits per heavy atom. The van der Waals surface area contributed by atoms with Crippen LogP contribution in [0, 0.1) is 6.92 Å². The molecule has 3 aromatic rings. The number of halogens is 1. The molecule has 138 valence electrons. The average Bonchev–Trinajstić information content (AvgIpc) is 2.66. The molecular formula is C23H23ClN2O. The summed E-state index contributed by atoms with van der Waals surface area (Å²) < 4.78 is 0. The fourth-order valence-electron chi connectivity index (χ4n) is 3.04. The Morgan fingerprint density at radius 2 is 1.44 bits per heavy atom. The summed E-state index contributed by atoms with van der Waals surface area (Å²) in [7, 11) is 0. The normalized spacial score (nSPS) is 10.6. The molecule has 0 fully saturated rings. The van der Waals surface area contributed by atoms with E-state index in [1.165, 1.54) is 11.1 Å². The van der Waals surface area contributed by atoms with Crippen molar-refractivity contribution in [3.05, 3.63) is 101 Å². The van der Waals surface area contributed by atoms with Crippen LogP contribution in [0.5, 0.6) is 0 Å². The summed E-state index contributed by atoms with van der Waals surface area (Å²) >= 11 is 6.05. The van der Waals surface area contributed by atoms with E-state index in [4.69, 9.17) is 11.6 Å². The number of benzene rings is 3. The van der Waals surface area contributed by atoms with Gasteiger partial charge in [-0.2, -0.15) is 0 Å². The van der Waals surface area contributed by atoms with Gasteiger partial charge in [0.1, 0.15) is 0 Å². The third-order valence-corrected chi connectivity index (χ3v) is 4.67. The Bertz CT molecular complexity index is 840. The highest BCUT2D eigenvalue weighted by atomic mass is 35.5. The molecule has 27 heavy (non-hydrogen) atoms. The summed E-state index contributed by atoms with van der Waals surface area (Å²) in [5.74, 6) is 0. The van der Waals surface area contributed by atoms with Crippen LogP contribution in [0.1, 0.15) is 16.7 Å². The molecule has 0 unspecified atom stereocenters. The van der Waals surface area contributed by atoms with E-state index in [1.54, 1.807) is 6.07 Å². The average molecular weight is 379 g/mol. The van der Waals surface area contributed by atoms with Crippen molar-refractivity contribution < 1.29 is 4.79 Å². The molecule has 0 spiro atoms. The molecular weight excluding hydrogens is 356 g/mol. The van der Waals surface area contributed by atoms with Gasteiger partial charge in [-0.1, -0.05) is 78.3 Å². The number of nitrogens with one attached hydrogen (secondary N) is 2. The first-order chi connectivity index (χ1) is 13.1. The zero-order chi connectivity index (χ0) is 19.1. The van der Waals surface area contributed by atoms with Gasteiger partial charge in [-0.25, -0.2) is 4.79 Å². The van der Waals surface area contributed by atoms with E-state index >= 15 is 0 Å². The van der Waals surface area contributed by atoms with E-state index in [9.17, 15) is 4.79 Å². The number of carbonyl (C=O) groups is 1. The second kappa shape index (κ2) is 9.24. The molecule has 4 heteroatoms. The van der Waals surface area contributed by atoms with Crippen LogP contribution >= 0.6 is 11.6 Å². The van der Waals surface area contributed by atoms with Crippen LogP contribution < -0.4 is 10.6 Å². The van der Waals surface area contributed by atoms with E-state index < -0.39 is 0 Å². The van der Waals surface area contributed by atoms with Crippen molar-refractivity contribution in [3.63, 3.8) is 0 Å². The van der Waals surface area contributed by atoms with Crippen LogP contribution in [0.15, 0.2) is 78.9 Å². The Labute approximate surface area is 165 Å². The molecule has 0 saturated carbocycles. The predicted molar refractivity (Wildman–Crippen MR) is 112 cm³/mol. The van der Waals surface area contributed by atoms with Crippen molar-refractivity contribution in [1.82, 2.24) is 5.32 Å². The van der Waals surface area contributed by atoms with Crippen LogP contribution in [-0.2, 0) is 12.8 Å². The highest BCUT2D eigenvalue weighted by Gasteiger charge is 2.15. The second-order valence-corrected chi connectivity index (χ2v) is 7.07. The predicted octanol–water partition coefficient (Wildman–Crippen LogP) is 5.62. The lowest BCUT2D eigenvalue weighted by Gasteiger charge is -2.20. The molecule has 0 saturated heterocycles. The minimum absolute atomic E-state index is 0.0192. The first-order valence-corrected chi connectivity index (χ1v) is 9.39. The van der Waals surface area contributed by atoms with E-state index in [2.05, 4.69) is 34.9 Å². The molecule has 0 aromatic heterocycles. The van der Waals surface area contributed by atoms with Crippen molar-refractivity contribution in [3.8, 4) is 0 Å². The molecule has 2 amide bonds. The van der Waals surface area contributed by atoms with E-state index in [0.29, 0.717) is 5.02 Å². The van der Waals surface area contributed by atoms with Gasteiger partial charge >= 0.3 is 6.03 Å². The summed E-state index contributed by atoms with van der Waals surface area (Å²) in [5, 5.41) is 6.63. The molecule has 0 aliphatic heterocycles. The first kappa shape index (κ1) is 19.0. The van der Waals surface area contributed by atoms with Crippen molar-refractivity contribution >= 4 is 23.3 Å². The number of hydrogen-bond acceptors (Lipinski definition) is 1. The zero-order valence-corrected chi connectivity index (χ0v) is 16.0. The Kier molecular flexibility index (Phi) is 6.50. The molecule has 0 bridgehead atoms. The largest absolute Gasteiger partial charge is 0.334 e. The van der Waals surface area contributed by atoms with E-state index in [0.717, 1.165) is 24.1 Å². The molecule has 0 heterocycles. The van der Waals surface area contributed by atoms with Crippen molar-refractivity contribution in [2.24, 2.45) is 0 Å². The van der Waals surface area contributed by atoms with Crippen LogP contribution in [-0.4, -0.2) is 12.1 Å². The van der Waals surface area contributed by atoms with Crippen LogP contribution in [0.2, 0.25) is 5.02 Å². The quantitative estimate of drug-likeness (QED) is 0.573. The van der Waals surface area contributed by atoms with Gasteiger partial charge in [-0.05, 0) is 48.6 Å². The Hall–Kier alpha value is -2.78. The van der Waals surface area contributed by atoms with Crippen molar-refractivity contribution in [2.75, 3.05) is 5.32 Å². The summed E-state index contributed by atoms with van der Waals surface area (Å²) in [5.41, 5.74) is 4.07. The SMILES string of the molecule is Cc1ccc(Cl)cc1NC(=O)NC(Cc1ccccc1)Cc1ccccc1. The number of hydrogen-bond donors (Lipinski definition) is 2. The fraction of sp³-hybridized carbons (Fsp3) is 0.174. The van der Waals surface area contributed by atoms with E-state index in [1.807, 2.05) is 55.5 Å². The molecule has 0 atom stereocenters. The third kappa shape index (κ3) is 5.87. The van der Waals surface area contributed by atoms with Gasteiger partial charge in [0.15, 0.2) is 0 Å². The number of carbonyl (C=O) groups excluding carboxylic acids is 1. The van der Waals surface area contributed by atoms with Crippen LogP contribution in [0.25, 0.3) is 0 Å². The van der Waals surface area contributed by atoms with Gasteiger partial charge in [0.25, 0.3) is 0 Å². The van der Waals surface area contributed by atoms with Gasteiger partial charge in [0, 0.05) is 16.8 Å². The first-order valence-electron chi connectivity index (χ1n) is 9.01. The molecule has 3 aromatic carbocycles. The minimum atomic E-state index is -0.225. The lowest BCUT2D eigenvalue weighted by molar-refractivity contribution is 0.248. The monoisotopic (exact) mass is 378 g/mol. The number of aryl methyl sites for hydroxylation is 1. The standard InChI is InChI=1S/C23H23ClN2O/c1-17-12-13-20(24)16-22(17)26-23(27)25-21(14-18-8-4-2-5-9-18)15-19-10-6-3-7-11-19/h2-13,16,21H,14-15H2,1H3,(H2,25,26,27). The summed E-state index contributed by atoms with van der Waals surface area (Å²) in [6.45, 7) is 1.94. The van der Waals surface area contributed by atoms with Crippen LogP contribution in [0.4, 0.5) is 10.5 Å². The maximum Gasteiger partial charge on any atom is 0.319 e. The van der Waals surface area contributed by atoms with Gasteiger partial charge in [0.2, 0.25) is 0 Å². The zero-order valence-electron chi connectivity index (χ0n) is 15.3. The third-order valence-electron chi connectivity index (χ3n) is 4.43. The summed E-state index contributed by atoms with van der Waals surface area (Å²) in [4.78, 5) is 12.6. The molecule has 0 radical (unpaired) electrons. The number of urea groups is 1. The highest BCUT2D eigenvalue weighted by molar-refractivity contribution is 6.31. The molecule has 2 N–H and O–H groups in total. The van der Waals surface area contributed by atoms with Gasteiger partial charge in [0.05, 0.1) is 0 Å². The molecule has 0 aliphatic rings. The summed E-state index contributed by atoms with van der Waals surface area (Å²) in [6.07, 6.45) is 1.52. The van der Waals surface area contributed by atoms with Crippen LogP contribution in [0.3, 0.4) is 0 Å². The van der Waals surface area contributed by atoms with Gasteiger partial charge in [-0.15, -0.1) is 0 Å². The highest BCUT2D eigenvalue weighted by Crippen LogP contribution is 2.20. The topological polar surface area (TPSA) is 41.1 Å². The van der Waals surface area contributed by atoms with Gasteiger partial charge in [-0.3, -0.25) is 0 Å². The van der Waals surface area contributed by atoms with Crippen molar-refractivity contribution in [2.45, 2.75) is 25.8 Å². The van der Waals surface area contributed by atoms with E-state index in [-0.39, 0.29) is 12.1 Å². The lowest BCUT2D eigenvalue weighted by atomic mass is 9.99. The lowest BCUT2D eigenvalue weighted by Crippen LogP contribution is -2.40. The fourth-order valence-corrected chi connectivity index (χ4v) is 3.22. The Morgan fingerprint density at radius 1 is 0.889 bits per heavy atom. The second-order valence-electron chi connectivity index (χ2n) is 6.63. The number of rotatable bonds is 6. The molecule has 3 nitrogen and oxygen atoms in total. The number of anilines is 1.